The van der Waals surface area contributed by atoms with E-state index in [1.54, 1.807) is 19.1 Å². The molecule has 7 nitrogen and oxygen atoms in total. The van der Waals surface area contributed by atoms with E-state index in [0.717, 1.165) is 16.7 Å². The zero-order valence-electron chi connectivity index (χ0n) is 15.4. The molecule has 27 heavy (non-hydrogen) atoms. The summed E-state index contributed by atoms with van der Waals surface area (Å²) in [4.78, 5) is 37.8. The SMILES string of the molecule is CCOC(=O)[C@@H](C)N1C(=O)S/C(=C/c2cc(Cl)c(OC)c(OCC)c2)C1=O. The van der Waals surface area contributed by atoms with E-state index in [-0.39, 0.29) is 11.5 Å². The lowest BCUT2D eigenvalue weighted by molar-refractivity contribution is -0.150. The summed E-state index contributed by atoms with van der Waals surface area (Å²) in [6.07, 6.45) is 1.52. The van der Waals surface area contributed by atoms with Gasteiger partial charge < -0.3 is 14.2 Å². The van der Waals surface area contributed by atoms with E-state index in [4.69, 9.17) is 25.8 Å². The number of imide groups is 1. The van der Waals surface area contributed by atoms with Crippen molar-refractivity contribution in [2.24, 2.45) is 0 Å². The number of amides is 2. The first-order valence-corrected chi connectivity index (χ1v) is 9.47. The van der Waals surface area contributed by atoms with Crippen LogP contribution in [0.3, 0.4) is 0 Å². The van der Waals surface area contributed by atoms with Crippen molar-refractivity contribution in [1.29, 1.82) is 0 Å². The lowest BCUT2D eigenvalue weighted by Crippen LogP contribution is -2.42. The van der Waals surface area contributed by atoms with Crippen LogP contribution in [0.15, 0.2) is 17.0 Å². The van der Waals surface area contributed by atoms with Crippen LogP contribution in [0.5, 0.6) is 11.5 Å². The Morgan fingerprint density at radius 2 is 2.00 bits per heavy atom. The minimum absolute atomic E-state index is 0.166. The van der Waals surface area contributed by atoms with E-state index in [9.17, 15) is 14.4 Å². The van der Waals surface area contributed by atoms with Crippen LogP contribution in [0.1, 0.15) is 26.3 Å². The van der Waals surface area contributed by atoms with Gasteiger partial charge in [-0.3, -0.25) is 14.5 Å². The van der Waals surface area contributed by atoms with Crippen LogP contribution in [0, 0.1) is 0 Å². The van der Waals surface area contributed by atoms with Crippen molar-refractivity contribution in [3.8, 4) is 11.5 Å². The topological polar surface area (TPSA) is 82.1 Å². The van der Waals surface area contributed by atoms with E-state index in [1.165, 1.54) is 20.1 Å². The molecule has 2 amide bonds. The Morgan fingerprint density at radius 3 is 2.59 bits per heavy atom. The fraction of sp³-hybridized carbons (Fsp3) is 0.389. The molecular formula is C18H20ClNO6S. The number of rotatable bonds is 7. The monoisotopic (exact) mass is 413 g/mol. The number of hydrogen-bond donors (Lipinski definition) is 0. The minimum atomic E-state index is -0.998. The number of esters is 1. The highest BCUT2D eigenvalue weighted by atomic mass is 35.5. The molecule has 1 aliphatic rings. The molecule has 1 fully saturated rings. The van der Waals surface area contributed by atoms with Gasteiger partial charge in [-0.1, -0.05) is 11.6 Å². The zero-order chi connectivity index (χ0) is 20.1. The summed E-state index contributed by atoms with van der Waals surface area (Å²) in [5, 5.41) is -0.217. The zero-order valence-corrected chi connectivity index (χ0v) is 17.0. The third-order valence-electron chi connectivity index (χ3n) is 3.67. The molecule has 1 saturated heterocycles. The van der Waals surface area contributed by atoms with Gasteiger partial charge in [-0.25, -0.2) is 4.79 Å². The first-order chi connectivity index (χ1) is 12.8. The van der Waals surface area contributed by atoms with Crippen LogP contribution in [0.25, 0.3) is 6.08 Å². The van der Waals surface area contributed by atoms with Crippen LogP contribution in [-0.2, 0) is 14.3 Å². The Morgan fingerprint density at radius 1 is 1.30 bits per heavy atom. The molecule has 0 aromatic heterocycles. The molecular weight excluding hydrogens is 394 g/mol. The van der Waals surface area contributed by atoms with Crippen molar-refractivity contribution in [2.75, 3.05) is 20.3 Å². The average molecular weight is 414 g/mol. The molecule has 1 heterocycles. The molecule has 1 aromatic carbocycles. The molecule has 1 atom stereocenters. The molecule has 0 bridgehead atoms. The van der Waals surface area contributed by atoms with E-state index >= 15 is 0 Å². The molecule has 2 rings (SSSR count). The second kappa shape index (κ2) is 9.14. The lowest BCUT2D eigenvalue weighted by atomic mass is 10.1. The van der Waals surface area contributed by atoms with Gasteiger partial charge in [0.15, 0.2) is 11.5 Å². The molecule has 0 unspecified atom stereocenters. The maximum Gasteiger partial charge on any atom is 0.329 e. The third kappa shape index (κ3) is 4.56. The van der Waals surface area contributed by atoms with E-state index in [2.05, 4.69) is 0 Å². The van der Waals surface area contributed by atoms with Gasteiger partial charge in [0.05, 0.1) is 30.3 Å². The minimum Gasteiger partial charge on any atom is -0.491 e. The Kier molecular flexibility index (Phi) is 7.15. The van der Waals surface area contributed by atoms with Crippen LogP contribution in [0.4, 0.5) is 4.79 Å². The average Bonchev–Trinajstić information content (AvgIpc) is 2.88. The summed E-state index contributed by atoms with van der Waals surface area (Å²) in [6.45, 7) is 5.50. The second-order valence-corrected chi connectivity index (χ2v) is 6.85. The number of benzene rings is 1. The van der Waals surface area contributed by atoms with Crippen LogP contribution < -0.4 is 9.47 Å². The quantitative estimate of drug-likeness (QED) is 0.497. The van der Waals surface area contributed by atoms with Gasteiger partial charge in [0.25, 0.3) is 11.1 Å². The summed E-state index contributed by atoms with van der Waals surface area (Å²) in [5.74, 6) is -0.375. The number of nitrogens with zero attached hydrogens (tertiary/aromatic N) is 1. The fourth-order valence-corrected chi connectivity index (χ4v) is 3.67. The Labute approximate surface area is 166 Å². The first kappa shape index (κ1) is 21.1. The number of carbonyl (C=O) groups excluding carboxylic acids is 3. The molecule has 1 aliphatic heterocycles. The largest absolute Gasteiger partial charge is 0.491 e. The first-order valence-electron chi connectivity index (χ1n) is 8.28. The molecule has 0 saturated carbocycles. The van der Waals surface area contributed by atoms with Crippen LogP contribution in [0.2, 0.25) is 5.02 Å². The van der Waals surface area contributed by atoms with Gasteiger partial charge in [0.1, 0.15) is 6.04 Å². The molecule has 146 valence electrons. The van der Waals surface area contributed by atoms with Crippen LogP contribution >= 0.6 is 23.4 Å². The number of carbonyl (C=O) groups is 3. The van der Waals surface area contributed by atoms with E-state index < -0.39 is 23.2 Å². The summed E-state index contributed by atoms with van der Waals surface area (Å²) >= 11 is 6.96. The second-order valence-electron chi connectivity index (χ2n) is 5.45. The molecule has 0 aliphatic carbocycles. The highest BCUT2D eigenvalue weighted by molar-refractivity contribution is 8.18. The van der Waals surface area contributed by atoms with E-state index in [0.29, 0.717) is 28.7 Å². The van der Waals surface area contributed by atoms with E-state index in [1.807, 2.05) is 6.92 Å². The van der Waals surface area contributed by atoms with Crippen LogP contribution in [-0.4, -0.2) is 48.4 Å². The molecule has 0 spiro atoms. The molecule has 1 aromatic rings. The molecule has 0 radical (unpaired) electrons. The highest BCUT2D eigenvalue weighted by Crippen LogP contribution is 2.39. The van der Waals surface area contributed by atoms with Crippen molar-refractivity contribution >= 4 is 46.6 Å². The third-order valence-corrected chi connectivity index (χ3v) is 4.84. The van der Waals surface area contributed by atoms with Gasteiger partial charge >= 0.3 is 5.97 Å². The summed E-state index contributed by atoms with van der Waals surface area (Å²) < 4.78 is 15.6. The predicted octanol–water partition coefficient (Wildman–Crippen LogP) is 3.74. The van der Waals surface area contributed by atoms with Gasteiger partial charge in [0.2, 0.25) is 0 Å². The summed E-state index contributed by atoms with van der Waals surface area (Å²) in [6, 6.07) is 2.27. The maximum absolute atomic E-state index is 12.6. The highest BCUT2D eigenvalue weighted by Gasteiger charge is 2.41. The summed E-state index contributed by atoms with van der Waals surface area (Å²) in [7, 11) is 1.48. The number of ether oxygens (including phenoxy) is 3. The van der Waals surface area contributed by atoms with Crippen molar-refractivity contribution < 1.29 is 28.6 Å². The van der Waals surface area contributed by atoms with Gasteiger partial charge in [0, 0.05) is 0 Å². The van der Waals surface area contributed by atoms with Crippen molar-refractivity contribution in [3.63, 3.8) is 0 Å². The molecule has 9 heteroatoms. The van der Waals surface area contributed by atoms with Crippen molar-refractivity contribution in [3.05, 3.63) is 27.6 Å². The maximum atomic E-state index is 12.6. The smallest absolute Gasteiger partial charge is 0.329 e. The number of hydrogen-bond acceptors (Lipinski definition) is 7. The lowest BCUT2D eigenvalue weighted by Gasteiger charge is -2.19. The van der Waals surface area contributed by atoms with Gasteiger partial charge in [-0.15, -0.1) is 0 Å². The molecule has 0 N–H and O–H groups in total. The Bertz CT molecular complexity index is 794. The van der Waals surface area contributed by atoms with Gasteiger partial charge in [-0.2, -0.15) is 0 Å². The fourth-order valence-electron chi connectivity index (χ4n) is 2.47. The Hall–Kier alpha value is -2.19. The standard InChI is InChI=1S/C18H20ClNO6S/c1-5-25-13-8-11(7-12(19)15(13)24-4)9-14-16(21)20(18(23)27-14)10(3)17(22)26-6-2/h7-10H,5-6H2,1-4H3/b14-9+/t10-/m1/s1. The Balaban J connectivity index is 2.34. The number of thioether (sulfide) groups is 1. The van der Waals surface area contributed by atoms with Crippen molar-refractivity contribution in [1.82, 2.24) is 4.90 Å². The number of methoxy groups -OCH3 is 1. The normalized spacial score (nSPS) is 16.6. The van der Waals surface area contributed by atoms with Crippen molar-refractivity contribution in [2.45, 2.75) is 26.8 Å². The predicted molar refractivity (Wildman–Crippen MR) is 103 cm³/mol. The van der Waals surface area contributed by atoms with Gasteiger partial charge in [-0.05, 0) is 56.3 Å². The summed E-state index contributed by atoms with van der Waals surface area (Å²) in [5.41, 5.74) is 0.568. The number of halogens is 1.